The Morgan fingerprint density at radius 2 is 1.86 bits per heavy atom. The number of carbonyl (C=O) groups is 1. The van der Waals surface area contributed by atoms with E-state index >= 15 is 0 Å². The molecule has 110 valence electrons. The summed E-state index contributed by atoms with van der Waals surface area (Å²) in [6.07, 6.45) is 0.901. The van der Waals surface area contributed by atoms with E-state index in [0.717, 1.165) is 12.0 Å². The SMILES string of the molecule is CCCOc1ccc(OCc2ccccc2)c(C(N)=O)c1. The second-order valence-corrected chi connectivity index (χ2v) is 4.64. The average molecular weight is 285 g/mol. The van der Waals surface area contributed by atoms with Gasteiger partial charge in [0.15, 0.2) is 0 Å². The van der Waals surface area contributed by atoms with E-state index in [9.17, 15) is 4.79 Å². The smallest absolute Gasteiger partial charge is 0.252 e. The Morgan fingerprint density at radius 1 is 1.10 bits per heavy atom. The van der Waals surface area contributed by atoms with Crippen molar-refractivity contribution in [1.29, 1.82) is 0 Å². The number of hydrogen-bond acceptors (Lipinski definition) is 3. The second kappa shape index (κ2) is 7.33. The number of primary amides is 1. The molecule has 4 nitrogen and oxygen atoms in total. The molecule has 2 rings (SSSR count). The fraction of sp³-hybridized carbons (Fsp3) is 0.235. The summed E-state index contributed by atoms with van der Waals surface area (Å²) in [4.78, 5) is 11.5. The van der Waals surface area contributed by atoms with Gasteiger partial charge >= 0.3 is 0 Å². The summed E-state index contributed by atoms with van der Waals surface area (Å²) in [5.41, 5.74) is 6.77. The summed E-state index contributed by atoms with van der Waals surface area (Å²) >= 11 is 0. The van der Waals surface area contributed by atoms with Crippen LogP contribution in [0.4, 0.5) is 0 Å². The zero-order valence-electron chi connectivity index (χ0n) is 12.0. The van der Waals surface area contributed by atoms with Gasteiger partial charge in [-0.3, -0.25) is 4.79 Å². The fourth-order valence-corrected chi connectivity index (χ4v) is 1.87. The van der Waals surface area contributed by atoms with E-state index in [1.165, 1.54) is 0 Å². The monoisotopic (exact) mass is 285 g/mol. The first kappa shape index (κ1) is 14.9. The Kier molecular flexibility index (Phi) is 5.21. The quantitative estimate of drug-likeness (QED) is 0.850. The molecule has 0 atom stereocenters. The molecule has 0 radical (unpaired) electrons. The van der Waals surface area contributed by atoms with E-state index < -0.39 is 5.91 Å². The van der Waals surface area contributed by atoms with Gasteiger partial charge in [-0.25, -0.2) is 0 Å². The second-order valence-electron chi connectivity index (χ2n) is 4.64. The van der Waals surface area contributed by atoms with Crippen LogP contribution in [0.2, 0.25) is 0 Å². The van der Waals surface area contributed by atoms with Crippen molar-refractivity contribution in [3.05, 3.63) is 59.7 Å². The molecule has 0 saturated carbocycles. The summed E-state index contributed by atoms with van der Waals surface area (Å²) < 4.78 is 11.2. The van der Waals surface area contributed by atoms with Gasteiger partial charge in [-0.05, 0) is 30.2 Å². The number of rotatable bonds is 7. The highest BCUT2D eigenvalue weighted by Gasteiger charge is 2.11. The molecule has 0 heterocycles. The molecular weight excluding hydrogens is 266 g/mol. The predicted molar refractivity (Wildman–Crippen MR) is 81.5 cm³/mol. The van der Waals surface area contributed by atoms with E-state index in [1.807, 2.05) is 37.3 Å². The highest BCUT2D eigenvalue weighted by Crippen LogP contribution is 2.25. The Labute approximate surface area is 124 Å². The van der Waals surface area contributed by atoms with Gasteiger partial charge in [-0.2, -0.15) is 0 Å². The van der Waals surface area contributed by atoms with Crippen molar-refractivity contribution in [1.82, 2.24) is 0 Å². The van der Waals surface area contributed by atoms with Crippen molar-refractivity contribution >= 4 is 5.91 Å². The molecule has 0 fully saturated rings. The zero-order valence-corrected chi connectivity index (χ0v) is 12.0. The van der Waals surface area contributed by atoms with Gasteiger partial charge in [-0.1, -0.05) is 37.3 Å². The van der Waals surface area contributed by atoms with E-state index in [0.29, 0.717) is 30.3 Å². The first-order valence-corrected chi connectivity index (χ1v) is 6.94. The van der Waals surface area contributed by atoms with Crippen molar-refractivity contribution in [3.8, 4) is 11.5 Å². The van der Waals surface area contributed by atoms with E-state index in [1.54, 1.807) is 18.2 Å². The Balaban J connectivity index is 2.12. The van der Waals surface area contributed by atoms with Crippen LogP contribution in [0.25, 0.3) is 0 Å². The normalized spacial score (nSPS) is 10.1. The maximum atomic E-state index is 11.5. The number of benzene rings is 2. The molecule has 0 saturated heterocycles. The van der Waals surface area contributed by atoms with Crippen molar-refractivity contribution in [3.63, 3.8) is 0 Å². The largest absolute Gasteiger partial charge is 0.494 e. The van der Waals surface area contributed by atoms with Gasteiger partial charge in [0.1, 0.15) is 18.1 Å². The van der Waals surface area contributed by atoms with Crippen LogP contribution in [0.15, 0.2) is 48.5 Å². The number of amides is 1. The van der Waals surface area contributed by atoms with Crippen molar-refractivity contribution in [2.75, 3.05) is 6.61 Å². The summed E-state index contributed by atoms with van der Waals surface area (Å²) in [7, 11) is 0. The van der Waals surface area contributed by atoms with Crippen LogP contribution in [-0.2, 0) is 6.61 Å². The molecule has 21 heavy (non-hydrogen) atoms. The lowest BCUT2D eigenvalue weighted by atomic mass is 10.1. The Bertz CT molecular complexity index is 596. The molecule has 0 aliphatic carbocycles. The number of carbonyl (C=O) groups excluding carboxylic acids is 1. The molecule has 2 N–H and O–H groups in total. The summed E-state index contributed by atoms with van der Waals surface area (Å²) in [5.74, 6) is 0.563. The van der Waals surface area contributed by atoms with Crippen molar-refractivity contribution in [2.24, 2.45) is 5.73 Å². The summed E-state index contributed by atoms with van der Waals surface area (Å²) in [6.45, 7) is 3.01. The minimum Gasteiger partial charge on any atom is -0.494 e. The molecule has 4 heteroatoms. The van der Waals surface area contributed by atoms with Gasteiger partial charge in [0.05, 0.1) is 12.2 Å². The summed E-state index contributed by atoms with van der Waals surface area (Å²) in [5, 5.41) is 0. The van der Waals surface area contributed by atoms with E-state index in [2.05, 4.69) is 0 Å². The number of nitrogens with two attached hydrogens (primary N) is 1. The topological polar surface area (TPSA) is 61.6 Å². The molecular formula is C17H19NO3. The Hall–Kier alpha value is -2.49. The average Bonchev–Trinajstić information content (AvgIpc) is 2.52. The maximum Gasteiger partial charge on any atom is 0.252 e. The van der Waals surface area contributed by atoms with Gasteiger partial charge in [0.25, 0.3) is 5.91 Å². The van der Waals surface area contributed by atoms with Gasteiger partial charge in [0.2, 0.25) is 0 Å². The predicted octanol–water partition coefficient (Wildman–Crippen LogP) is 3.15. The van der Waals surface area contributed by atoms with Gasteiger partial charge < -0.3 is 15.2 Å². The van der Waals surface area contributed by atoms with E-state index in [-0.39, 0.29) is 0 Å². The van der Waals surface area contributed by atoms with Crippen LogP contribution in [0.1, 0.15) is 29.3 Å². The molecule has 1 amide bonds. The van der Waals surface area contributed by atoms with Crippen LogP contribution >= 0.6 is 0 Å². The van der Waals surface area contributed by atoms with Crippen LogP contribution in [0, 0.1) is 0 Å². The van der Waals surface area contributed by atoms with Crippen LogP contribution in [-0.4, -0.2) is 12.5 Å². The Morgan fingerprint density at radius 3 is 2.52 bits per heavy atom. The molecule has 0 bridgehead atoms. The molecule has 0 aliphatic rings. The third kappa shape index (κ3) is 4.24. The van der Waals surface area contributed by atoms with Gasteiger partial charge in [-0.15, -0.1) is 0 Å². The van der Waals surface area contributed by atoms with Crippen molar-refractivity contribution in [2.45, 2.75) is 20.0 Å². The first-order chi connectivity index (χ1) is 10.2. The fourth-order valence-electron chi connectivity index (χ4n) is 1.87. The lowest BCUT2D eigenvalue weighted by molar-refractivity contribution is 0.0995. The highest BCUT2D eigenvalue weighted by atomic mass is 16.5. The van der Waals surface area contributed by atoms with Crippen LogP contribution in [0.3, 0.4) is 0 Å². The van der Waals surface area contributed by atoms with Crippen molar-refractivity contribution < 1.29 is 14.3 Å². The number of hydrogen-bond donors (Lipinski definition) is 1. The maximum absolute atomic E-state index is 11.5. The minimum absolute atomic E-state index is 0.333. The third-order valence-corrected chi connectivity index (χ3v) is 2.93. The molecule has 0 aliphatic heterocycles. The molecule has 2 aromatic carbocycles. The molecule has 0 spiro atoms. The molecule has 0 aromatic heterocycles. The molecule has 0 unspecified atom stereocenters. The van der Waals surface area contributed by atoms with Gasteiger partial charge in [0, 0.05) is 0 Å². The first-order valence-electron chi connectivity index (χ1n) is 6.94. The highest BCUT2D eigenvalue weighted by molar-refractivity contribution is 5.96. The van der Waals surface area contributed by atoms with Crippen LogP contribution < -0.4 is 15.2 Å². The standard InChI is InChI=1S/C17H19NO3/c1-2-10-20-14-8-9-16(15(11-14)17(18)19)21-12-13-6-4-3-5-7-13/h3-9,11H,2,10,12H2,1H3,(H2,18,19). The lowest BCUT2D eigenvalue weighted by Gasteiger charge is -2.12. The zero-order chi connectivity index (χ0) is 15.1. The van der Waals surface area contributed by atoms with Crippen LogP contribution in [0.5, 0.6) is 11.5 Å². The third-order valence-electron chi connectivity index (χ3n) is 2.93. The lowest BCUT2D eigenvalue weighted by Crippen LogP contribution is -2.13. The molecule has 2 aromatic rings. The summed E-state index contributed by atoms with van der Waals surface area (Å²) in [6, 6.07) is 14.9. The van der Waals surface area contributed by atoms with E-state index in [4.69, 9.17) is 15.2 Å². The number of ether oxygens (including phenoxy) is 2. The minimum atomic E-state index is -0.528.